The molecule has 0 aliphatic carbocycles. The van der Waals surface area contributed by atoms with Crippen LogP contribution < -0.4 is 15.4 Å². The Morgan fingerprint density at radius 1 is 1.19 bits per heavy atom. The van der Waals surface area contributed by atoms with Gasteiger partial charge in [-0.15, -0.1) is 24.0 Å². The van der Waals surface area contributed by atoms with Gasteiger partial charge >= 0.3 is 6.61 Å². The van der Waals surface area contributed by atoms with Gasteiger partial charge in [0.15, 0.2) is 5.96 Å². The Bertz CT molecular complexity index is 688. The molecule has 0 bridgehead atoms. The van der Waals surface area contributed by atoms with E-state index in [1.54, 1.807) is 6.07 Å². The van der Waals surface area contributed by atoms with E-state index in [2.05, 4.69) is 51.1 Å². The van der Waals surface area contributed by atoms with Crippen LogP contribution in [0.4, 0.5) is 8.78 Å². The number of alkyl halides is 2. The summed E-state index contributed by atoms with van der Waals surface area (Å²) in [6, 6.07) is 4.96. The van der Waals surface area contributed by atoms with Gasteiger partial charge < -0.3 is 20.3 Å². The summed E-state index contributed by atoms with van der Waals surface area (Å²) < 4.78 is 30.0. The summed E-state index contributed by atoms with van der Waals surface area (Å²) in [6.45, 7) is 9.42. The fraction of sp³-hybridized carbons (Fsp3) is 0.667. The normalized spacial score (nSPS) is 16.9. The van der Waals surface area contributed by atoms with Gasteiger partial charge in [-0.1, -0.05) is 25.4 Å². The first-order valence-corrected chi connectivity index (χ1v) is 10.9. The van der Waals surface area contributed by atoms with Crippen molar-refractivity contribution in [3.8, 4) is 5.75 Å². The molecule has 1 aromatic rings. The van der Waals surface area contributed by atoms with Crippen LogP contribution in [0.5, 0.6) is 5.75 Å². The van der Waals surface area contributed by atoms with Crippen LogP contribution in [0.15, 0.2) is 23.2 Å². The Morgan fingerprint density at radius 3 is 2.45 bits per heavy atom. The smallest absolute Gasteiger partial charge is 0.387 e. The average Bonchev–Trinajstić information content (AvgIpc) is 2.68. The molecule has 6 nitrogen and oxygen atoms in total. The molecule has 1 aliphatic heterocycles. The molecule has 31 heavy (non-hydrogen) atoms. The summed E-state index contributed by atoms with van der Waals surface area (Å²) in [4.78, 5) is 9.43. The van der Waals surface area contributed by atoms with Gasteiger partial charge in [-0.3, -0.25) is 4.90 Å². The molecule has 2 rings (SSSR count). The largest absolute Gasteiger partial charge is 0.434 e. The van der Waals surface area contributed by atoms with E-state index >= 15 is 0 Å². The zero-order valence-electron chi connectivity index (χ0n) is 18.7. The number of piperazine rings is 1. The molecule has 0 spiro atoms. The first-order valence-electron chi connectivity index (χ1n) is 10.5. The first kappa shape index (κ1) is 28.1. The number of aliphatic imine (C=N–C) groups is 1. The number of benzene rings is 1. The van der Waals surface area contributed by atoms with Crippen LogP contribution in [-0.2, 0) is 6.54 Å². The van der Waals surface area contributed by atoms with E-state index < -0.39 is 6.61 Å². The number of hydrogen-bond donors (Lipinski definition) is 2. The molecule has 10 heteroatoms. The van der Waals surface area contributed by atoms with Gasteiger partial charge in [0.2, 0.25) is 0 Å². The Kier molecular flexibility index (Phi) is 13.0. The molecule has 1 unspecified atom stereocenters. The summed E-state index contributed by atoms with van der Waals surface area (Å²) in [5.41, 5.74) is 0.513. The summed E-state index contributed by atoms with van der Waals surface area (Å²) in [5.74, 6) is 1.22. The first-order chi connectivity index (χ1) is 14.3. The molecule has 2 N–H and O–H groups in total. The second kappa shape index (κ2) is 14.3. The fourth-order valence-corrected chi connectivity index (χ4v) is 3.72. The van der Waals surface area contributed by atoms with Crippen molar-refractivity contribution in [2.75, 3.05) is 46.3 Å². The molecular formula is C21H35ClF2IN5O. The third-order valence-corrected chi connectivity index (χ3v) is 5.48. The van der Waals surface area contributed by atoms with Crippen molar-refractivity contribution in [3.63, 3.8) is 0 Å². The minimum absolute atomic E-state index is 0. The van der Waals surface area contributed by atoms with Gasteiger partial charge in [-0.05, 0) is 38.1 Å². The molecule has 1 fully saturated rings. The van der Waals surface area contributed by atoms with Crippen molar-refractivity contribution in [3.05, 3.63) is 28.8 Å². The lowest BCUT2D eigenvalue weighted by molar-refractivity contribution is -0.0504. The number of rotatable bonds is 9. The number of ether oxygens (including phenoxy) is 1. The second-order valence-electron chi connectivity index (χ2n) is 7.86. The van der Waals surface area contributed by atoms with E-state index in [9.17, 15) is 8.78 Å². The van der Waals surface area contributed by atoms with Gasteiger partial charge in [-0.25, -0.2) is 4.99 Å². The standard InChI is InChI=1S/C21H34ClF2N5O.HI/c1-5-25-21(26-13-16-12-17(22)6-7-19(16)30-20(23)24)27-14-18(15(2)3)29-10-8-28(4)9-11-29;/h6-7,12,15,18,20H,5,8-11,13-14H2,1-4H3,(H2,25,26,27);1H. The number of nitrogens with one attached hydrogen (secondary N) is 2. The quantitative estimate of drug-likeness (QED) is 0.267. The number of halogens is 4. The molecule has 1 saturated heterocycles. The SMILES string of the molecule is CCNC(=NCc1cc(Cl)ccc1OC(F)F)NCC(C(C)C)N1CCN(C)CC1.I. The number of guanidine groups is 1. The highest BCUT2D eigenvalue weighted by Crippen LogP contribution is 2.25. The third-order valence-electron chi connectivity index (χ3n) is 5.25. The van der Waals surface area contributed by atoms with E-state index in [1.807, 2.05) is 6.92 Å². The third kappa shape index (κ3) is 9.63. The van der Waals surface area contributed by atoms with Gasteiger partial charge in [0.1, 0.15) is 5.75 Å². The molecule has 1 aliphatic rings. The van der Waals surface area contributed by atoms with Crippen molar-refractivity contribution >= 4 is 41.5 Å². The molecule has 0 radical (unpaired) electrons. The monoisotopic (exact) mass is 573 g/mol. The lowest BCUT2D eigenvalue weighted by Crippen LogP contribution is -2.55. The van der Waals surface area contributed by atoms with E-state index in [4.69, 9.17) is 11.6 Å². The Labute approximate surface area is 206 Å². The van der Waals surface area contributed by atoms with Crippen LogP contribution >= 0.6 is 35.6 Å². The fourth-order valence-electron chi connectivity index (χ4n) is 3.53. The lowest BCUT2D eigenvalue weighted by Gasteiger charge is -2.40. The topological polar surface area (TPSA) is 52.1 Å². The summed E-state index contributed by atoms with van der Waals surface area (Å²) in [6.07, 6.45) is 0. The Balaban J connectivity index is 0.00000480. The van der Waals surface area contributed by atoms with Gasteiger partial charge in [0, 0.05) is 55.9 Å². The molecule has 1 aromatic carbocycles. The Hall–Kier alpha value is -0.910. The van der Waals surface area contributed by atoms with Gasteiger partial charge in [0.25, 0.3) is 0 Å². The molecule has 0 saturated carbocycles. The number of likely N-dealkylation sites (N-methyl/N-ethyl adjacent to an activating group) is 1. The van der Waals surface area contributed by atoms with Crippen LogP contribution in [0.2, 0.25) is 5.02 Å². The highest BCUT2D eigenvalue weighted by molar-refractivity contribution is 14.0. The number of hydrogen-bond acceptors (Lipinski definition) is 4. The van der Waals surface area contributed by atoms with Crippen LogP contribution in [0.3, 0.4) is 0 Å². The zero-order chi connectivity index (χ0) is 22.1. The van der Waals surface area contributed by atoms with Crippen LogP contribution in [-0.4, -0.2) is 74.7 Å². The average molecular weight is 574 g/mol. The van der Waals surface area contributed by atoms with Crippen LogP contribution in [0, 0.1) is 5.92 Å². The molecular weight excluding hydrogens is 539 g/mol. The molecule has 0 aromatic heterocycles. The summed E-state index contributed by atoms with van der Waals surface area (Å²) in [7, 11) is 2.15. The molecule has 178 valence electrons. The maximum Gasteiger partial charge on any atom is 0.387 e. The van der Waals surface area contributed by atoms with E-state index in [1.165, 1.54) is 12.1 Å². The maximum absolute atomic E-state index is 12.7. The summed E-state index contributed by atoms with van der Waals surface area (Å²) in [5, 5.41) is 7.09. The second-order valence-corrected chi connectivity index (χ2v) is 8.29. The van der Waals surface area contributed by atoms with Gasteiger partial charge in [-0.2, -0.15) is 8.78 Å². The molecule has 1 atom stereocenters. The lowest BCUT2D eigenvalue weighted by atomic mass is 10.0. The minimum Gasteiger partial charge on any atom is -0.434 e. The molecule has 0 amide bonds. The van der Waals surface area contributed by atoms with Crippen LogP contribution in [0.25, 0.3) is 0 Å². The van der Waals surface area contributed by atoms with E-state index in [0.717, 1.165) is 32.7 Å². The van der Waals surface area contributed by atoms with Crippen molar-refractivity contribution in [2.24, 2.45) is 10.9 Å². The Morgan fingerprint density at radius 2 is 1.87 bits per heavy atom. The molecule has 1 heterocycles. The number of nitrogens with zero attached hydrogens (tertiary/aromatic N) is 3. The predicted molar refractivity (Wildman–Crippen MR) is 134 cm³/mol. The van der Waals surface area contributed by atoms with E-state index in [0.29, 0.717) is 35.1 Å². The highest BCUT2D eigenvalue weighted by Gasteiger charge is 2.25. The van der Waals surface area contributed by atoms with Gasteiger partial charge in [0.05, 0.1) is 6.54 Å². The highest BCUT2D eigenvalue weighted by atomic mass is 127. The van der Waals surface area contributed by atoms with Crippen molar-refractivity contribution in [1.82, 2.24) is 20.4 Å². The maximum atomic E-state index is 12.7. The predicted octanol–water partition coefficient (Wildman–Crippen LogP) is 3.89. The van der Waals surface area contributed by atoms with Crippen molar-refractivity contribution in [1.29, 1.82) is 0 Å². The van der Waals surface area contributed by atoms with Crippen LogP contribution in [0.1, 0.15) is 26.3 Å². The van der Waals surface area contributed by atoms with E-state index in [-0.39, 0.29) is 36.3 Å². The van der Waals surface area contributed by atoms with Crippen molar-refractivity contribution in [2.45, 2.75) is 40.0 Å². The minimum atomic E-state index is -2.89. The zero-order valence-corrected chi connectivity index (χ0v) is 21.8. The summed E-state index contributed by atoms with van der Waals surface area (Å²) >= 11 is 6.03. The van der Waals surface area contributed by atoms with Crippen molar-refractivity contribution < 1.29 is 13.5 Å².